The molecule has 0 aliphatic heterocycles. The Kier molecular flexibility index (Phi) is 4.55. The first-order chi connectivity index (χ1) is 10.1. The van der Waals surface area contributed by atoms with E-state index in [-0.39, 0.29) is 12.5 Å². The molecule has 1 heterocycles. The van der Waals surface area contributed by atoms with Gasteiger partial charge in [-0.25, -0.2) is 0 Å². The average molecular weight is 289 g/mol. The van der Waals surface area contributed by atoms with Crippen LogP contribution < -0.4 is 10.1 Å². The van der Waals surface area contributed by atoms with E-state index in [0.717, 1.165) is 0 Å². The second-order valence-electron chi connectivity index (χ2n) is 4.23. The minimum atomic E-state index is -0.998. The molecule has 0 fully saturated rings. The van der Waals surface area contributed by atoms with Crippen LogP contribution in [0.15, 0.2) is 36.7 Å². The number of aliphatic carboxylic acids is 1. The van der Waals surface area contributed by atoms with Gasteiger partial charge in [-0.3, -0.25) is 14.3 Å². The molecule has 2 N–H and O–H groups in total. The lowest BCUT2D eigenvalue weighted by Gasteiger charge is -2.05. The van der Waals surface area contributed by atoms with Crippen molar-refractivity contribution < 1.29 is 19.4 Å². The first-order valence-corrected chi connectivity index (χ1v) is 6.37. The molecule has 2 aromatic rings. The van der Waals surface area contributed by atoms with Crippen LogP contribution in [0.3, 0.4) is 0 Å². The number of anilines is 1. The second kappa shape index (κ2) is 6.56. The van der Waals surface area contributed by atoms with E-state index >= 15 is 0 Å². The van der Waals surface area contributed by atoms with Crippen LogP contribution in [-0.2, 0) is 11.3 Å². The third-order valence-electron chi connectivity index (χ3n) is 2.62. The molecule has 0 aliphatic rings. The molecule has 0 spiro atoms. The lowest BCUT2D eigenvalue weighted by Crippen LogP contribution is -2.12. The summed E-state index contributed by atoms with van der Waals surface area (Å²) in [6, 6.07) is 6.74. The van der Waals surface area contributed by atoms with E-state index in [9.17, 15) is 9.59 Å². The highest BCUT2D eigenvalue weighted by atomic mass is 16.5. The van der Waals surface area contributed by atoms with Crippen LogP contribution >= 0.6 is 0 Å². The zero-order valence-corrected chi connectivity index (χ0v) is 11.4. The van der Waals surface area contributed by atoms with Gasteiger partial charge < -0.3 is 15.2 Å². The molecule has 1 aromatic heterocycles. The third-order valence-corrected chi connectivity index (χ3v) is 2.62. The standard InChI is InChI=1S/C14H15N3O4/c1-2-21-12-5-3-10(4-6-12)14(20)16-11-7-15-17(8-11)9-13(18)19/h3-8H,2,9H2,1H3,(H,16,20)(H,18,19). The van der Waals surface area contributed by atoms with E-state index in [1.165, 1.54) is 17.1 Å². The van der Waals surface area contributed by atoms with Crippen molar-refractivity contribution in [3.63, 3.8) is 0 Å². The Morgan fingerprint density at radius 3 is 2.67 bits per heavy atom. The molecular weight excluding hydrogens is 274 g/mol. The van der Waals surface area contributed by atoms with Crippen LogP contribution in [0.2, 0.25) is 0 Å². The number of carboxylic acid groups (broad SMARTS) is 1. The number of rotatable bonds is 6. The van der Waals surface area contributed by atoms with E-state index in [0.29, 0.717) is 23.6 Å². The molecule has 0 aliphatic carbocycles. The maximum atomic E-state index is 12.0. The molecule has 0 unspecified atom stereocenters. The molecule has 21 heavy (non-hydrogen) atoms. The number of hydrogen-bond acceptors (Lipinski definition) is 4. The number of amides is 1. The van der Waals surface area contributed by atoms with E-state index in [4.69, 9.17) is 9.84 Å². The van der Waals surface area contributed by atoms with Gasteiger partial charge in [0.05, 0.1) is 18.5 Å². The highest BCUT2D eigenvalue weighted by molar-refractivity contribution is 6.04. The van der Waals surface area contributed by atoms with Gasteiger partial charge in [-0.05, 0) is 31.2 Å². The SMILES string of the molecule is CCOc1ccc(C(=O)Nc2cnn(CC(=O)O)c2)cc1. The van der Waals surface area contributed by atoms with Crippen molar-refractivity contribution in [1.82, 2.24) is 9.78 Å². The van der Waals surface area contributed by atoms with Gasteiger partial charge in [-0.1, -0.05) is 0 Å². The van der Waals surface area contributed by atoms with Gasteiger partial charge in [0.1, 0.15) is 12.3 Å². The number of benzene rings is 1. The number of carbonyl (C=O) groups excluding carboxylic acids is 1. The highest BCUT2D eigenvalue weighted by Gasteiger charge is 2.08. The van der Waals surface area contributed by atoms with Crippen molar-refractivity contribution in [3.8, 4) is 5.75 Å². The van der Waals surface area contributed by atoms with E-state index < -0.39 is 5.97 Å². The fourth-order valence-electron chi connectivity index (χ4n) is 1.73. The van der Waals surface area contributed by atoms with E-state index in [2.05, 4.69) is 10.4 Å². The average Bonchev–Trinajstić information content (AvgIpc) is 2.86. The van der Waals surface area contributed by atoms with Gasteiger partial charge >= 0.3 is 5.97 Å². The highest BCUT2D eigenvalue weighted by Crippen LogP contribution is 2.14. The number of carboxylic acids is 1. The summed E-state index contributed by atoms with van der Waals surface area (Å²) in [5.41, 5.74) is 0.916. The van der Waals surface area contributed by atoms with Gasteiger partial charge in [-0.2, -0.15) is 5.10 Å². The lowest BCUT2D eigenvalue weighted by atomic mass is 10.2. The largest absolute Gasteiger partial charge is 0.494 e. The van der Waals surface area contributed by atoms with Crippen LogP contribution in [0.4, 0.5) is 5.69 Å². The Balaban J connectivity index is 2.00. The van der Waals surface area contributed by atoms with Gasteiger partial charge in [0.2, 0.25) is 0 Å². The molecule has 0 atom stereocenters. The minimum Gasteiger partial charge on any atom is -0.494 e. The summed E-state index contributed by atoms with van der Waals surface area (Å²) in [6.45, 7) is 2.20. The number of ether oxygens (including phenoxy) is 1. The molecule has 0 saturated carbocycles. The van der Waals surface area contributed by atoms with Crippen molar-refractivity contribution in [2.75, 3.05) is 11.9 Å². The van der Waals surface area contributed by atoms with Crippen LogP contribution in [-0.4, -0.2) is 33.4 Å². The third kappa shape index (κ3) is 4.07. The van der Waals surface area contributed by atoms with Crippen LogP contribution in [0, 0.1) is 0 Å². The monoisotopic (exact) mass is 289 g/mol. The maximum absolute atomic E-state index is 12.0. The van der Waals surface area contributed by atoms with Crippen LogP contribution in [0.1, 0.15) is 17.3 Å². The van der Waals surface area contributed by atoms with Crippen LogP contribution in [0.5, 0.6) is 5.75 Å². The Labute approximate surface area is 121 Å². The quantitative estimate of drug-likeness (QED) is 0.842. The number of nitrogens with one attached hydrogen (secondary N) is 1. The molecule has 1 amide bonds. The number of aromatic nitrogens is 2. The topological polar surface area (TPSA) is 93.5 Å². The molecule has 0 radical (unpaired) electrons. The molecule has 0 bridgehead atoms. The van der Waals surface area contributed by atoms with E-state index in [1.807, 2.05) is 6.92 Å². The summed E-state index contributed by atoms with van der Waals surface area (Å²) in [7, 11) is 0. The van der Waals surface area contributed by atoms with Crippen molar-refractivity contribution >= 4 is 17.6 Å². The summed E-state index contributed by atoms with van der Waals surface area (Å²) in [6.07, 6.45) is 2.86. The van der Waals surface area contributed by atoms with Crippen molar-refractivity contribution in [3.05, 3.63) is 42.2 Å². The second-order valence-corrected chi connectivity index (χ2v) is 4.23. The Morgan fingerprint density at radius 1 is 1.33 bits per heavy atom. The molecule has 0 saturated heterocycles. The summed E-state index contributed by atoms with van der Waals surface area (Å²) in [5.74, 6) is -0.598. The first kappa shape index (κ1) is 14.6. The lowest BCUT2D eigenvalue weighted by molar-refractivity contribution is -0.137. The van der Waals surface area contributed by atoms with Crippen LogP contribution in [0.25, 0.3) is 0 Å². The maximum Gasteiger partial charge on any atom is 0.325 e. The molecule has 7 heteroatoms. The smallest absolute Gasteiger partial charge is 0.325 e. The molecule has 1 aromatic carbocycles. The van der Waals surface area contributed by atoms with Gasteiger partial charge in [0, 0.05) is 11.8 Å². The van der Waals surface area contributed by atoms with Crippen molar-refractivity contribution in [2.24, 2.45) is 0 Å². The molecule has 2 rings (SSSR count). The zero-order valence-electron chi connectivity index (χ0n) is 11.4. The molecule has 110 valence electrons. The summed E-state index contributed by atoms with van der Waals surface area (Å²) in [5, 5.41) is 15.1. The minimum absolute atomic E-state index is 0.251. The Morgan fingerprint density at radius 2 is 2.05 bits per heavy atom. The van der Waals surface area contributed by atoms with Gasteiger partial charge in [-0.15, -0.1) is 0 Å². The summed E-state index contributed by atoms with van der Waals surface area (Å²) < 4.78 is 6.53. The zero-order chi connectivity index (χ0) is 15.2. The number of nitrogens with zero attached hydrogens (tertiary/aromatic N) is 2. The van der Waals surface area contributed by atoms with Gasteiger partial charge in [0.25, 0.3) is 5.91 Å². The molecule has 7 nitrogen and oxygen atoms in total. The Hall–Kier alpha value is -2.83. The predicted octanol–water partition coefficient (Wildman–Crippen LogP) is 1.62. The van der Waals surface area contributed by atoms with Crippen molar-refractivity contribution in [1.29, 1.82) is 0 Å². The Bertz CT molecular complexity index is 634. The first-order valence-electron chi connectivity index (χ1n) is 6.37. The number of carbonyl (C=O) groups is 2. The fourth-order valence-corrected chi connectivity index (χ4v) is 1.73. The predicted molar refractivity (Wildman–Crippen MR) is 75.4 cm³/mol. The normalized spacial score (nSPS) is 10.1. The molecular formula is C14H15N3O4. The number of hydrogen-bond donors (Lipinski definition) is 2. The van der Waals surface area contributed by atoms with E-state index in [1.54, 1.807) is 24.3 Å². The summed E-state index contributed by atoms with van der Waals surface area (Å²) in [4.78, 5) is 22.6. The van der Waals surface area contributed by atoms with Gasteiger partial charge in [0.15, 0.2) is 0 Å². The summed E-state index contributed by atoms with van der Waals surface area (Å²) >= 11 is 0. The fraction of sp³-hybridized carbons (Fsp3) is 0.214. The van der Waals surface area contributed by atoms with Crippen molar-refractivity contribution in [2.45, 2.75) is 13.5 Å².